The molecule has 3 heteroatoms. The molecule has 74 valence electrons. The Hall–Kier alpha value is -1.90. The minimum Gasteiger partial charge on any atom is -0.339 e. The summed E-state index contributed by atoms with van der Waals surface area (Å²) >= 11 is 0. The van der Waals surface area contributed by atoms with Crippen molar-refractivity contribution in [3.8, 4) is 0 Å². The predicted molar refractivity (Wildman–Crippen MR) is 60.9 cm³/mol. The van der Waals surface area contributed by atoms with Crippen molar-refractivity contribution in [1.29, 1.82) is 0 Å². The predicted octanol–water partition coefficient (Wildman–Crippen LogP) is 2.73. The molecule has 3 nitrogen and oxygen atoms in total. The molecule has 15 heavy (non-hydrogen) atoms. The van der Waals surface area contributed by atoms with Crippen LogP contribution in [0.4, 0.5) is 0 Å². The number of nitrogens with one attached hydrogen (secondary N) is 1. The normalized spacial score (nSPS) is 11.3. The van der Waals surface area contributed by atoms with E-state index < -0.39 is 0 Å². The minimum atomic E-state index is 0.812. The summed E-state index contributed by atoms with van der Waals surface area (Å²) in [7, 11) is 0. The van der Waals surface area contributed by atoms with E-state index in [2.05, 4.69) is 27.1 Å². The lowest BCUT2D eigenvalue weighted by Gasteiger charge is -1.97. The van der Waals surface area contributed by atoms with Gasteiger partial charge >= 0.3 is 0 Å². The first-order valence-corrected chi connectivity index (χ1v) is 4.97. The molecule has 0 aliphatic rings. The van der Waals surface area contributed by atoms with Gasteiger partial charge in [0, 0.05) is 16.3 Å². The molecule has 2 heterocycles. The van der Waals surface area contributed by atoms with Gasteiger partial charge in [-0.3, -0.25) is 0 Å². The van der Waals surface area contributed by atoms with E-state index >= 15 is 0 Å². The lowest BCUT2D eigenvalue weighted by atomic mass is 10.2. The van der Waals surface area contributed by atoms with Crippen LogP contribution in [0.1, 0.15) is 11.5 Å². The van der Waals surface area contributed by atoms with Crippen molar-refractivity contribution < 1.29 is 0 Å². The van der Waals surface area contributed by atoms with Gasteiger partial charge in [0.25, 0.3) is 0 Å². The molecule has 0 bridgehead atoms. The number of aromatic nitrogens is 3. The van der Waals surface area contributed by atoms with E-state index in [1.165, 1.54) is 5.39 Å². The summed E-state index contributed by atoms with van der Waals surface area (Å²) in [6.45, 7) is 3.94. The van der Waals surface area contributed by atoms with Gasteiger partial charge in [0.15, 0.2) is 0 Å². The molecule has 0 saturated heterocycles. The largest absolute Gasteiger partial charge is 0.339 e. The lowest BCUT2D eigenvalue weighted by molar-refractivity contribution is 1.04. The van der Waals surface area contributed by atoms with Crippen LogP contribution in [-0.4, -0.2) is 15.0 Å². The van der Waals surface area contributed by atoms with E-state index in [1.54, 1.807) is 0 Å². The number of H-pyrrole nitrogens is 1. The summed E-state index contributed by atoms with van der Waals surface area (Å²) in [4.78, 5) is 12.1. The van der Waals surface area contributed by atoms with E-state index in [1.807, 2.05) is 26.0 Å². The molecule has 0 spiro atoms. The quantitative estimate of drug-likeness (QED) is 0.602. The van der Waals surface area contributed by atoms with Gasteiger partial charge in [0.05, 0.1) is 5.69 Å². The number of nitrogens with zero attached hydrogens (tertiary/aromatic N) is 2. The summed E-state index contributed by atoms with van der Waals surface area (Å²) < 4.78 is 0. The van der Waals surface area contributed by atoms with E-state index in [0.717, 1.165) is 28.1 Å². The second-order valence-electron chi connectivity index (χ2n) is 3.75. The Kier molecular flexibility index (Phi) is 1.57. The van der Waals surface area contributed by atoms with Crippen LogP contribution in [-0.2, 0) is 0 Å². The Morgan fingerprint density at radius 1 is 1.07 bits per heavy atom. The smallest absolute Gasteiger partial charge is 0.142 e. The molecule has 3 aromatic rings. The lowest BCUT2D eigenvalue weighted by Crippen LogP contribution is -1.91. The number of rotatable bonds is 0. The Balaban J connectivity index is 2.61. The number of aryl methyl sites for hydroxylation is 2. The van der Waals surface area contributed by atoms with Crippen molar-refractivity contribution in [3.05, 3.63) is 35.8 Å². The molecule has 0 saturated carbocycles. The highest BCUT2D eigenvalue weighted by molar-refractivity contribution is 6.06. The maximum atomic E-state index is 4.41. The minimum absolute atomic E-state index is 0.812. The maximum Gasteiger partial charge on any atom is 0.142 e. The highest BCUT2D eigenvalue weighted by Gasteiger charge is 2.08. The van der Waals surface area contributed by atoms with Gasteiger partial charge in [-0.25, -0.2) is 9.97 Å². The molecule has 1 N–H and O–H groups in total. The van der Waals surface area contributed by atoms with Gasteiger partial charge in [-0.05, 0) is 19.9 Å². The molecule has 1 aromatic carbocycles. The Bertz CT molecular complexity index is 652. The SMILES string of the molecule is Cc1nc(C)c2c(n1)[nH]c1ccccc12. The third-order valence-electron chi connectivity index (χ3n) is 2.65. The molecule has 0 unspecified atom stereocenters. The zero-order valence-corrected chi connectivity index (χ0v) is 8.70. The van der Waals surface area contributed by atoms with Crippen LogP contribution in [0, 0.1) is 13.8 Å². The highest BCUT2D eigenvalue weighted by atomic mass is 14.9. The first kappa shape index (κ1) is 8.41. The Labute approximate surface area is 87.2 Å². The van der Waals surface area contributed by atoms with Crippen LogP contribution in [0.25, 0.3) is 21.9 Å². The fourth-order valence-corrected chi connectivity index (χ4v) is 2.06. The van der Waals surface area contributed by atoms with Crippen molar-refractivity contribution in [3.63, 3.8) is 0 Å². The summed E-state index contributed by atoms with van der Waals surface area (Å²) in [5, 5.41) is 2.33. The van der Waals surface area contributed by atoms with E-state index in [-0.39, 0.29) is 0 Å². The van der Waals surface area contributed by atoms with Crippen LogP contribution in [0.15, 0.2) is 24.3 Å². The zero-order chi connectivity index (χ0) is 10.4. The molecule has 0 radical (unpaired) electrons. The Morgan fingerprint density at radius 2 is 1.87 bits per heavy atom. The average Bonchev–Trinajstić information content (AvgIpc) is 2.54. The second kappa shape index (κ2) is 2.79. The van der Waals surface area contributed by atoms with Crippen LogP contribution < -0.4 is 0 Å². The van der Waals surface area contributed by atoms with Gasteiger partial charge in [0.2, 0.25) is 0 Å². The van der Waals surface area contributed by atoms with Crippen molar-refractivity contribution in [1.82, 2.24) is 15.0 Å². The monoisotopic (exact) mass is 197 g/mol. The van der Waals surface area contributed by atoms with Crippen LogP contribution >= 0.6 is 0 Å². The molecular weight excluding hydrogens is 186 g/mol. The van der Waals surface area contributed by atoms with Crippen LogP contribution in [0.3, 0.4) is 0 Å². The molecular formula is C12H11N3. The van der Waals surface area contributed by atoms with Crippen LogP contribution in [0.2, 0.25) is 0 Å². The summed E-state index contributed by atoms with van der Waals surface area (Å²) in [5.41, 5.74) is 3.09. The first-order valence-electron chi connectivity index (χ1n) is 4.97. The highest BCUT2D eigenvalue weighted by Crippen LogP contribution is 2.25. The fraction of sp³-hybridized carbons (Fsp3) is 0.167. The molecule has 2 aromatic heterocycles. The summed E-state index contributed by atoms with van der Waals surface area (Å²) in [6.07, 6.45) is 0. The maximum absolute atomic E-state index is 4.41. The molecule has 0 atom stereocenters. The summed E-state index contributed by atoms with van der Waals surface area (Å²) in [5.74, 6) is 0.812. The van der Waals surface area contributed by atoms with Gasteiger partial charge in [0.1, 0.15) is 11.5 Å². The van der Waals surface area contributed by atoms with E-state index in [0.29, 0.717) is 0 Å². The average molecular weight is 197 g/mol. The molecule has 0 aliphatic carbocycles. The van der Waals surface area contributed by atoms with Gasteiger partial charge in [-0.1, -0.05) is 18.2 Å². The van der Waals surface area contributed by atoms with Crippen molar-refractivity contribution >= 4 is 21.9 Å². The number of benzene rings is 1. The topological polar surface area (TPSA) is 41.6 Å². The molecule has 3 rings (SSSR count). The number of aromatic amines is 1. The Morgan fingerprint density at radius 3 is 2.73 bits per heavy atom. The molecule has 0 amide bonds. The van der Waals surface area contributed by atoms with Crippen molar-refractivity contribution in [2.45, 2.75) is 13.8 Å². The van der Waals surface area contributed by atoms with Crippen molar-refractivity contribution in [2.75, 3.05) is 0 Å². The van der Waals surface area contributed by atoms with E-state index in [9.17, 15) is 0 Å². The molecule has 0 fully saturated rings. The van der Waals surface area contributed by atoms with E-state index in [4.69, 9.17) is 0 Å². The third kappa shape index (κ3) is 1.13. The number of hydrogen-bond donors (Lipinski definition) is 1. The second-order valence-corrected chi connectivity index (χ2v) is 3.75. The third-order valence-corrected chi connectivity index (χ3v) is 2.65. The standard InChI is InChI=1S/C12H11N3/c1-7-11-9-5-3-4-6-10(9)15-12(11)14-8(2)13-7/h3-6H,1-2H3,(H,13,14,15). The fourth-order valence-electron chi connectivity index (χ4n) is 2.06. The number of para-hydroxylation sites is 1. The van der Waals surface area contributed by atoms with Crippen molar-refractivity contribution in [2.24, 2.45) is 0 Å². The van der Waals surface area contributed by atoms with Gasteiger partial charge < -0.3 is 4.98 Å². The number of hydrogen-bond acceptors (Lipinski definition) is 2. The van der Waals surface area contributed by atoms with Gasteiger partial charge in [-0.2, -0.15) is 0 Å². The van der Waals surface area contributed by atoms with Gasteiger partial charge in [-0.15, -0.1) is 0 Å². The zero-order valence-electron chi connectivity index (χ0n) is 8.70. The number of fused-ring (bicyclic) bond motifs is 3. The molecule has 0 aliphatic heterocycles. The first-order chi connectivity index (χ1) is 7.25. The summed E-state index contributed by atoms with van der Waals surface area (Å²) in [6, 6.07) is 8.22. The van der Waals surface area contributed by atoms with Crippen LogP contribution in [0.5, 0.6) is 0 Å².